The lowest BCUT2D eigenvalue weighted by molar-refractivity contribution is 0.968. The number of imidazole rings is 1. The molecule has 1 aromatic heterocycles. The average molecular weight is 133 g/mol. The smallest absolute Gasteiger partial charge is 0.232 e. The molecule has 0 bridgehead atoms. The third-order valence-electron chi connectivity index (χ3n) is 0.947. The zero-order valence-electron chi connectivity index (χ0n) is 4.94. The lowest BCUT2D eigenvalue weighted by atomic mass is 10.5. The van der Waals surface area contributed by atoms with Crippen LogP contribution in [0.25, 0.3) is 0 Å². The Bertz CT molecular complexity index is 323. The number of rotatable bonds is 0. The van der Waals surface area contributed by atoms with Gasteiger partial charge < -0.3 is 5.84 Å². The summed E-state index contributed by atoms with van der Waals surface area (Å²) in [5, 5.41) is 16.6. The van der Waals surface area contributed by atoms with Crippen LogP contribution in [0.2, 0.25) is 0 Å². The molecule has 1 heterocycles. The molecule has 1 rings (SSSR count). The van der Waals surface area contributed by atoms with Crippen molar-refractivity contribution in [1.29, 1.82) is 10.5 Å². The van der Waals surface area contributed by atoms with Gasteiger partial charge in [0.1, 0.15) is 12.1 Å². The molecule has 1 aromatic rings. The molecule has 0 aliphatic carbocycles. The fourth-order valence-electron chi connectivity index (χ4n) is 0.530. The van der Waals surface area contributed by atoms with Gasteiger partial charge in [0.05, 0.1) is 6.20 Å². The minimum absolute atomic E-state index is 0.0385. The second-order valence-corrected chi connectivity index (χ2v) is 1.58. The second kappa shape index (κ2) is 2.08. The summed E-state index contributed by atoms with van der Waals surface area (Å²) >= 11 is 0. The predicted octanol–water partition coefficient (Wildman–Crippen LogP) is -0.660. The Hall–Kier alpha value is -2.01. The molecule has 48 valence electrons. The molecule has 5 nitrogen and oxygen atoms in total. The Morgan fingerprint density at radius 3 is 2.50 bits per heavy atom. The van der Waals surface area contributed by atoms with E-state index >= 15 is 0 Å². The third-order valence-corrected chi connectivity index (χ3v) is 0.947. The van der Waals surface area contributed by atoms with Crippen molar-refractivity contribution in [3.63, 3.8) is 0 Å². The Morgan fingerprint density at radius 1 is 1.50 bits per heavy atom. The summed E-state index contributed by atoms with van der Waals surface area (Å²) in [6, 6.07) is 3.49. The lowest BCUT2D eigenvalue weighted by Crippen LogP contribution is -2.08. The predicted molar refractivity (Wildman–Crippen MR) is 31.8 cm³/mol. The minimum Gasteiger partial charge on any atom is -0.337 e. The van der Waals surface area contributed by atoms with E-state index in [9.17, 15) is 0 Å². The molecule has 0 aliphatic heterocycles. The van der Waals surface area contributed by atoms with Gasteiger partial charge in [-0.2, -0.15) is 10.5 Å². The van der Waals surface area contributed by atoms with Gasteiger partial charge in [0.25, 0.3) is 0 Å². The molecule has 0 unspecified atom stereocenters. The van der Waals surface area contributed by atoms with Crippen LogP contribution in [-0.4, -0.2) is 9.66 Å². The van der Waals surface area contributed by atoms with Crippen molar-refractivity contribution < 1.29 is 0 Å². The van der Waals surface area contributed by atoms with Gasteiger partial charge in [0.2, 0.25) is 5.82 Å². The molecule has 0 aliphatic rings. The Morgan fingerprint density at radius 2 is 2.20 bits per heavy atom. The maximum Gasteiger partial charge on any atom is 0.232 e. The first-order chi connectivity index (χ1) is 4.77. The zero-order chi connectivity index (χ0) is 7.56. The van der Waals surface area contributed by atoms with Gasteiger partial charge >= 0.3 is 0 Å². The van der Waals surface area contributed by atoms with Crippen molar-refractivity contribution in [2.45, 2.75) is 0 Å². The summed E-state index contributed by atoms with van der Waals surface area (Å²) < 4.78 is 1.01. The maximum atomic E-state index is 8.30. The van der Waals surface area contributed by atoms with E-state index in [-0.39, 0.29) is 11.5 Å². The van der Waals surface area contributed by atoms with Gasteiger partial charge in [0.15, 0.2) is 5.69 Å². The van der Waals surface area contributed by atoms with E-state index in [4.69, 9.17) is 16.4 Å². The molecule has 0 radical (unpaired) electrons. The molecule has 0 amide bonds. The highest BCUT2D eigenvalue weighted by Crippen LogP contribution is 1.94. The van der Waals surface area contributed by atoms with Crippen LogP contribution in [0.5, 0.6) is 0 Å². The molecule has 0 spiro atoms. The number of hydrogen-bond donors (Lipinski definition) is 1. The molecule has 0 saturated heterocycles. The summed E-state index contributed by atoms with van der Waals surface area (Å²) in [6.07, 6.45) is 1.29. The summed E-state index contributed by atoms with van der Waals surface area (Å²) in [6.45, 7) is 0. The maximum absolute atomic E-state index is 8.30. The van der Waals surface area contributed by atoms with Crippen LogP contribution >= 0.6 is 0 Å². The normalized spacial score (nSPS) is 8.20. The summed E-state index contributed by atoms with van der Waals surface area (Å²) in [4.78, 5) is 3.56. The first kappa shape index (κ1) is 6.12. The van der Waals surface area contributed by atoms with E-state index in [1.807, 2.05) is 0 Å². The second-order valence-electron chi connectivity index (χ2n) is 1.58. The Kier molecular flexibility index (Phi) is 1.27. The molecule has 0 saturated carbocycles. The SMILES string of the molecule is N#Cc1cn(N)c(C#N)n1. The van der Waals surface area contributed by atoms with E-state index in [1.165, 1.54) is 6.20 Å². The molecule has 2 N–H and O–H groups in total. The number of nitriles is 2. The van der Waals surface area contributed by atoms with Crippen LogP contribution in [-0.2, 0) is 0 Å². The summed E-state index contributed by atoms with van der Waals surface area (Å²) in [5.74, 6) is 5.25. The first-order valence-corrected chi connectivity index (χ1v) is 2.42. The van der Waals surface area contributed by atoms with Gasteiger partial charge in [-0.25, -0.2) is 9.66 Å². The van der Waals surface area contributed by atoms with Crippen molar-refractivity contribution >= 4 is 0 Å². The number of nitrogens with zero attached hydrogens (tertiary/aromatic N) is 4. The molecule has 0 atom stereocenters. The molecule has 0 fully saturated rings. The number of hydrogen-bond acceptors (Lipinski definition) is 4. The van der Waals surface area contributed by atoms with E-state index < -0.39 is 0 Å². The van der Waals surface area contributed by atoms with Gasteiger partial charge in [0, 0.05) is 0 Å². The highest BCUT2D eigenvalue weighted by molar-refractivity contribution is 5.24. The zero-order valence-corrected chi connectivity index (χ0v) is 4.94. The van der Waals surface area contributed by atoms with E-state index in [0.717, 1.165) is 4.68 Å². The standard InChI is InChI=1S/C5H3N5/c6-1-4-3-10(8)5(2-7)9-4/h3H,8H2. The third kappa shape index (κ3) is 0.762. The van der Waals surface area contributed by atoms with Crippen molar-refractivity contribution in [3.8, 4) is 12.1 Å². The van der Waals surface area contributed by atoms with Crippen LogP contribution < -0.4 is 5.84 Å². The highest BCUT2D eigenvalue weighted by atomic mass is 15.3. The average Bonchev–Trinajstić information content (AvgIpc) is 2.30. The van der Waals surface area contributed by atoms with Gasteiger partial charge in [-0.05, 0) is 0 Å². The Balaban J connectivity index is 3.23. The molecular weight excluding hydrogens is 130 g/mol. The summed E-state index contributed by atoms with van der Waals surface area (Å²) in [7, 11) is 0. The fraction of sp³-hybridized carbons (Fsp3) is 0. The van der Waals surface area contributed by atoms with Crippen LogP contribution in [0, 0.1) is 22.7 Å². The van der Waals surface area contributed by atoms with E-state index in [0.29, 0.717) is 0 Å². The van der Waals surface area contributed by atoms with Crippen molar-refractivity contribution in [2.24, 2.45) is 0 Å². The molecular formula is C5H3N5. The van der Waals surface area contributed by atoms with Crippen LogP contribution in [0.1, 0.15) is 11.5 Å². The van der Waals surface area contributed by atoms with Crippen molar-refractivity contribution in [3.05, 3.63) is 17.7 Å². The van der Waals surface area contributed by atoms with Gasteiger partial charge in [-0.1, -0.05) is 0 Å². The number of nitrogen functional groups attached to an aromatic ring is 1. The van der Waals surface area contributed by atoms with Crippen molar-refractivity contribution in [1.82, 2.24) is 9.66 Å². The minimum atomic E-state index is 0.0385. The first-order valence-electron chi connectivity index (χ1n) is 2.42. The molecule has 0 aromatic carbocycles. The quantitative estimate of drug-likeness (QED) is 0.475. The van der Waals surface area contributed by atoms with Gasteiger partial charge in [-0.15, -0.1) is 0 Å². The van der Waals surface area contributed by atoms with Crippen LogP contribution in [0.3, 0.4) is 0 Å². The summed E-state index contributed by atoms with van der Waals surface area (Å²) in [5.41, 5.74) is 0.152. The lowest BCUT2D eigenvalue weighted by Gasteiger charge is -1.85. The van der Waals surface area contributed by atoms with Crippen LogP contribution in [0.4, 0.5) is 0 Å². The fourth-order valence-corrected chi connectivity index (χ4v) is 0.530. The van der Waals surface area contributed by atoms with Crippen molar-refractivity contribution in [2.75, 3.05) is 5.84 Å². The molecule has 10 heavy (non-hydrogen) atoms. The number of aromatic nitrogens is 2. The molecule has 5 heteroatoms. The van der Waals surface area contributed by atoms with Gasteiger partial charge in [-0.3, -0.25) is 0 Å². The Labute approximate surface area is 56.9 Å². The topological polar surface area (TPSA) is 91.4 Å². The number of nitrogens with two attached hydrogens (primary N) is 1. The van der Waals surface area contributed by atoms with E-state index in [2.05, 4.69) is 4.98 Å². The highest BCUT2D eigenvalue weighted by Gasteiger charge is 2.01. The van der Waals surface area contributed by atoms with E-state index in [1.54, 1.807) is 12.1 Å². The van der Waals surface area contributed by atoms with Crippen LogP contribution in [0.15, 0.2) is 6.20 Å². The largest absolute Gasteiger partial charge is 0.337 e. The monoisotopic (exact) mass is 133 g/mol.